The number of rotatable bonds is 7. The minimum Gasteiger partial charge on any atom is -0.459 e. The second kappa shape index (κ2) is 17.9. The van der Waals surface area contributed by atoms with E-state index in [0.717, 1.165) is 6.42 Å². The van der Waals surface area contributed by atoms with Crippen LogP contribution in [0.15, 0.2) is 0 Å². The highest BCUT2D eigenvalue weighted by molar-refractivity contribution is 5.73. The molecule has 2 unspecified atom stereocenters. The molecule has 0 aliphatic carbocycles. The second-order valence-corrected chi connectivity index (χ2v) is 17.5. The van der Waals surface area contributed by atoms with Crippen LogP contribution >= 0.6 is 0 Å². The van der Waals surface area contributed by atoms with E-state index in [9.17, 15) is 25.2 Å². The van der Waals surface area contributed by atoms with Crippen molar-refractivity contribution in [3.63, 3.8) is 0 Å². The third kappa shape index (κ3) is 10.1. The fraction of sp³-hybridized carbons (Fsp3) is 0.974. The molecule has 0 radical (unpaired) electrons. The van der Waals surface area contributed by atoms with E-state index in [1.807, 2.05) is 53.7 Å². The summed E-state index contributed by atoms with van der Waals surface area (Å²) in [7, 11) is 7.50. The van der Waals surface area contributed by atoms with Crippen LogP contribution in [-0.2, 0) is 33.2 Å². The van der Waals surface area contributed by atoms with Crippen molar-refractivity contribution in [3.8, 4) is 0 Å². The SMILES string of the molecule is CCC1OC(=O)[C@H](C)[C@@H](O[C@H]2C[C@@](C)(OC)[C@@H](O)[C@H](C)O2)[C@H](C)[C@@H](OC2O[C@H](C)C[C@H](N(C)C)[C@H]2C)[C@](C)(O)C[C@@H](C)CN(C)[C@H](C)[C@@H](O)[C@]1(C)O. The van der Waals surface area contributed by atoms with Gasteiger partial charge in [-0.05, 0) is 94.8 Å². The van der Waals surface area contributed by atoms with E-state index in [1.54, 1.807) is 34.6 Å². The average molecular weight is 747 g/mol. The minimum absolute atomic E-state index is 0.0440. The molecule has 0 amide bonds. The lowest BCUT2D eigenvalue weighted by atomic mass is 9.77. The van der Waals surface area contributed by atoms with Crippen LogP contribution < -0.4 is 0 Å². The lowest BCUT2D eigenvalue weighted by molar-refractivity contribution is -0.312. The fourth-order valence-corrected chi connectivity index (χ4v) is 9.06. The van der Waals surface area contributed by atoms with Crippen molar-refractivity contribution in [2.75, 3.05) is 34.8 Å². The van der Waals surface area contributed by atoms with Crippen LogP contribution in [0.4, 0.5) is 0 Å². The Morgan fingerprint density at radius 2 is 1.54 bits per heavy atom. The molecule has 3 saturated heterocycles. The van der Waals surface area contributed by atoms with Crippen molar-refractivity contribution >= 4 is 5.97 Å². The van der Waals surface area contributed by atoms with E-state index in [4.69, 9.17) is 28.4 Å². The molecule has 18 atom stereocenters. The zero-order valence-corrected chi connectivity index (χ0v) is 34.7. The van der Waals surface area contributed by atoms with Gasteiger partial charge in [-0.3, -0.25) is 4.79 Å². The van der Waals surface area contributed by atoms with Gasteiger partial charge >= 0.3 is 5.97 Å². The summed E-state index contributed by atoms with van der Waals surface area (Å²) in [6.07, 6.45) is -5.73. The zero-order valence-electron chi connectivity index (χ0n) is 34.7. The summed E-state index contributed by atoms with van der Waals surface area (Å²) in [6, 6.07) is -0.330. The Morgan fingerprint density at radius 3 is 2.10 bits per heavy atom. The minimum atomic E-state index is -1.77. The Kier molecular flexibility index (Phi) is 15.6. The lowest BCUT2D eigenvalue weighted by Crippen LogP contribution is -2.59. The normalized spacial score (nSPS) is 49.6. The van der Waals surface area contributed by atoms with Crippen molar-refractivity contribution in [2.24, 2.45) is 23.7 Å². The van der Waals surface area contributed by atoms with Gasteiger partial charge < -0.3 is 58.6 Å². The van der Waals surface area contributed by atoms with E-state index in [2.05, 4.69) is 11.8 Å². The third-order valence-corrected chi connectivity index (χ3v) is 12.6. The predicted octanol–water partition coefficient (Wildman–Crippen LogP) is 3.18. The number of aliphatic hydroxyl groups excluding tert-OH is 2. The molecule has 306 valence electrons. The molecule has 4 N–H and O–H groups in total. The summed E-state index contributed by atoms with van der Waals surface area (Å²) >= 11 is 0. The third-order valence-electron chi connectivity index (χ3n) is 12.6. The zero-order chi connectivity index (χ0) is 39.7. The lowest BCUT2D eigenvalue weighted by Gasteiger charge is -2.49. The smallest absolute Gasteiger partial charge is 0.311 e. The Hall–Kier alpha value is -0.970. The number of likely N-dealkylation sites (N-methyl/N-ethyl adjacent to an activating group) is 1. The van der Waals surface area contributed by atoms with Gasteiger partial charge in [0.25, 0.3) is 0 Å². The number of ether oxygens (including phenoxy) is 6. The molecule has 0 aromatic heterocycles. The summed E-state index contributed by atoms with van der Waals surface area (Å²) < 4.78 is 38.2. The second-order valence-electron chi connectivity index (χ2n) is 17.5. The van der Waals surface area contributed by atoms with Crippen molar-refractivity contribution in [2.45, 2.75) is 186 Å². The Morgan fingerprint density at radius 1 is 0.923 bits per heavy atom. The first-order valence-electron chi connectivity index (χ1n) is 19.5. The number of carbonyl (C=O) groups is 1. The van der Waals surface area contributed by atoms with Crippen LogP contribution in [0.3, 0.4) is 0 Å². The molecule has 3 aliphatic heterocycles. The molecule has 3 rings (SSSR count). The number of cyclic esters (lactones) is 1. The van der Waals surface area contributed by atoms with Gasteiger partial charge in [-0.25, -0.2) is 0 Å². The number of carbonyl (C=O) groups excluding carboxylic acids is 1. The van der Waals surface area contributed by atoms with Crippen LogP contribution in [0.1, 0.15) is 102 Å². The number of hydrogen-bond donors (Lipinski definition) is 4. The van der Waals surface area contributed by atoms with E-state index in [-0.39, 0.29) is 36.8 Å². The molecular formula is C39H74N2O11. The molecule has 0 saturated carbocycles. The van der Waals surface area contributed by atoms with Gasteiger partial charge in [0.15, 0.2) is 12.6 Å². The van der Waals surface area contributed by atoms with Gasteiger partial charge in [0.2, 0.25) is 0 Å². The standard InChI is InChI=1S/C39H74N2O11/c1-16-29-39(11,46)32(42)26(7)41(14)20-21(2)18-37(9,45)34(52-36-23(4)28(40(12)13)17-22(3)48-36)24(5)31(25(6)35(44)50-29)51-30-19-38(10,47-15)33(43)27(8)49-30/h21-34,36,42-43,45-46H,16-20H2,1-15H3/t21-,22-,23-,24+,25-,26-,27+,28+,29?,30+,31+,32-,33+,34-,36?,37-,38-,39-/m1/s1. The molecule has 3 aliphatic rings. The molecule has 0 aromatic rings. The van der Waals surface area contributed by atoms with Gasteiger partial charge in [0.05, 0.1) is 41.5 Å². The fourth-order valence-electron chi connectivity index (χ4n) is 9.06. The summed E-state index contributed by atoms with van der Waals surface area (Å²) in [5.41, 5.74) is -4.20. The Labute approximate surface area is 313 Å². The van der Waals surface area contributed by atoms with Crippen LogP contribution in [0.5, 0.6) is 0 Å². The van der Waals surface area contributed by atoms with E-state index in [1.165, 1.54) is 14.0 Å². The predicted molar refractivity (Wildman–Crippen MR) is 197 cm³/mol. The molecule has 13 nitrogen and oxygen atoms in total. The molecule has 0 bridgehead atoms. The largest absolute Gasteiger partial charge is 0.459 e. The number of hydrogen-bond acceptors (Lipinski definition) is 13. The monoisotopic (exact) mass is 747 g/mol. The summed E-state index contributed by atoms with van der Waals surface area (Å²) in [4.78, 5) is 18.4. The quantitative estimate of drug-likeness (QED) is 0.282. The summed E-state index contributed by atoms with van der Waals surface area (Å²) in [5, 5.41) is 46.8. The first kappa shape index (κ1) is 45.4. The van der Waals surface area contributed by atoms with Gasteiger partial charge in [0, 0.05) is 44.0 Å². The molecule has 3 heterocycles. The van der Waals surface area contributed by atoms with E-state index >= 15 is 0 Å². The number of esters is 1. The average Bonchev–Trinajstić information content (AvgIpc) is 3.05. The van der Waals surface area contributed by atoms with Crippen molar-refractivity contribution in [3.05, 3.63) is 0 Å². The van der Waals surface area contributed by atoms with Gasteiger partial charge in [-0.2, -0.15) is 0 Å². The Balaban J connectivity index is 2.17. The topological polar surface area (TPSA) is 160 Å². The maximum atomic E-state index is 14.2. The number of nitrogens with zero attached hydrogens (tertiary/aromatic N) is 2. The number of methoxy groups -OCH3 is 1. The summed E-state index contributed by atoms with van der Waals surface area (Å²) in [6.45, 7) is 20.7. The summed E-state index contributed by atoms with van der Waals surface area (Å²) in [5.74, 6) is -2.34. The maximum absolute atomic E-state index is 14.2. The molecule has 13 heteroatoms. The van der Waals surface area contributed by atoms with Crippen LogP contribution in [-0.4, -0.2) is 155 Å². The van der Waals surface area contributed by atoms with Crippen LogP contribution in [0, 0.1) is 23.7 Å². The highest BCUT2D eigenvalue weighted by atomic mass is 16.7. The van der Waals surface area contributed by atoms with Gasteiger partial charge in [-0.15, -0.1) is 0 Å². The molecule has 0 spiro atoms. The molecular weight excluding hydrogens is 672 g/mol. The van der Waals surface area contributed by atoms with Crippen molar-refractivity contribution in [1.82, 2.24) is 9.80 Å². The highest BCUT2D eigenvalue weighted by Gasteiger charge is 2.52. The molecule has 0 aromatic carbocycles. The first-order valence-corrected chi connectivity index (χ1v) is 19.5. The highest BCUT2D eigenvalue weighted by Crippen LogP contribution is 2.41. The van der Waals surface area contributed by atoms with Gasteiger partial charge in [0.1, 0.15) is 23.9 Å². The van der Waals surface area contributed by atoms with Crippen molar-refractivity contribution < 1.29 is 53.6 Å². The number of aliphatic hydroxyl groups is 4. The van der Waals surface area contributed by atoms with Crippen LogP contribution in [0.25, 0.3) is 0 Å². The molecule has 52 heavy (non-hydrogen) atoms. The van der Waals surface area contributed by atoms with Crippen LogP contribution in [0.2, 0.25) is 0 Å². The van der Waals surface area contributed by atoms with Gasteiger partial charge in [-0.1, -0.05) is 27.7 Å². The first-order chi connectivity index (χ1) is 23.9. The van der Waals surface area contributed by atoms with E-state index < -0.39 is 89.9 Å². The molecule has 3 fully saturated rings. The maximum Gasteiger partial charge on any atom is 0.311 e. The Bertz CT molecular complexity index is 1140. The van der Waals surface area contributed by atoms with E-state index in [0.29, 0.717) is 13.0 Å². The van der Waals surface area contributed by atoms with Crippen molar-refractivity contribution in [1.29, 1.82) is 0 Å².